The van der Waals surface area contributed by atoms with Crippen molar-refractivity contribution in [3.63, 3.8) is 0 Å². The summed E-state index contributed by atoms with van der Waals surface area (Å²) in [5.74, 6) is -0.864. The number of hydrogen-bond donors (Lipinski definition) is 3. The molecule has 114 valence electrons. The van der Waals surface area contributed by atoms with Crippen molar-refractivity contribution < 1.29 is 14.7 Å². The first-order valence-corrected chi connectivity index (χ1v) is 7.89. The van der Waals surface area contributed by atoms with E-state index in [-0.39, 0.29) is 5.91 Å². The molecule has 1 aliphatic rings. The van der Waals surface area contributed by atoms with Gasteiger partial charge in [-0.2, -0.15) is 0 Å². The third-order valence-electron chi connectivity index (χ3n) is 3.88. The molecule has 2 atom stereocenters. The van der Waals surface area contributed by atoms with Gasteiger partial charge in [0.25, 0.3) is 5.91 Å². The molecule has 0 unspecified atom stereocenters. The van der Waals surface area contributed by atoms with Crippen molar-refractivity contribution in [2.75, 3.05) is 0 Å². The van der Waals surface area contributed by atoms with E-state index < -0.39 is 18.1 Å². The van der Waals surface area contributed by atoms with Crippen LogP contribution in [0.5, 0.6) is 0 Å². The molecule has 5 nitrogen and oxygen atoms in total. The molecule has 1 heterocycles. The van der Waals surface area contributed by atoms with Crippen LogP contribution in [0.25, 0.3) is 0 Å². The number of benzene rings is 1. The van der Waals surface area contributed by atoms with E-state index in [1.807, 2.05) is 24.3 Å². The van der Waals surface area contributed by atoms with Gasteiger partial charge in [0.1, 0.15) is 0 Å². The van der Waals surface area contributed by atoms with Crippen LogP contribution in [0.1, 0.15) is 43.6 Å². The van der Waals surface area contributed by atoms with E-state index >= 15 is 0 Å². The Balaban J connectivity index is 1.82. The Morgan fingerprint density at radius 3 is 2.82 bits per heavy atom. The summed E-state index contributed by atoms with van der Waals surface area (Å²) in [6.07, 6.45) is 0.794. The van der Waals surface area contributed by atoms with Crippen LogP contribution in [0.4, 0.5) is 0 Å². The highest BCUT2D eigenvalue weighted by Gasteiger charge is 2.29. The maximum Gasteiger partial charge on any atom is 0.261 e. The predicted octanol–water partition coefficient (Wildman–Crippen LogP) is 1.63. The fourth-order valence-corrected chi connectivity index (χ4v) is 3.51. The van der Waals surface area contributed by atoms with Gasteiger partial charge in [-0.3, -0.25) is 9.59 Å². The SMILES string of the molecule is NC(=O)c1csc(C(=O)N[C@H]2c3ccccc3CC[C@H]2O)c1. The Morgan fingerprint density at radius 1 is 1.32 bits per heavy atom. The second-order valence-electron chi connectivity index (χ2n) is 5.32. The first-order valence-electron chi connectivity index (χ1n) is 7.01. The van der Waals surface area contributed by atoms with Crippen LogP contribution in [-0.4, -0.2) is 23.0 Å². The summed E-state index contributed by atoms with van der Waals surface area (Å²) in [5.41, 5.74) is 7.60. The molecule has 6 heteroatoms. The molecule has 2 aromatic rings. The molecule has 0 radical (unpaired) electrons. The van der Waals surface area contributed by atoms with Gasteiger partial charge in [-0.15, -0.1) is 11.3 Å². The van der Waals surface area contributed by atoms with Gasteiger partial charge in [-0.1, -0.05) is 24.3 Å². The number of fused-ring (bicyclic) bond motifs is 1. The van der Waals surface area contributed by atoms with E-state index in [0.717, 1.165) is 28.9 Å². The summed E-state index contributed by atoms with van der Waals surface area (Å²) in [4.78, 5) is 23.8. The highest BCUT2D eigenvalue weighted by molar-refractivity contribution is 7.12. The van der Waals surface area contributed by atoms with Gasteiger partial charge in [0, 0.05) is 5.38 Å². The lowest BCUT2D eigenvalue weighted by molar-refractivity contribution is 0.0795. The lowest BCUT2D eigenvalue weighted by atomic mass is 9.85. The van der Waals surface area contributed by atoms with Crippen molar-refractivity contribution in [1.29, 1.82) is 0 Å². The van der Waals surface area contributed by atoms with E-state index in [9.17, 15) is 14.7 Å². The molecular weight excluding hydrogens is 300 g/mol. The average molecular weight is 316 g/mol. The van der Waals surface area contributed by atoms with E-state index in [1.165, 1.54) is 6.07 Å². The number of carbonyl (C=O) groups is 2. The second kappa shape index (κ2) is 5.90. The van der Waals surface area contributed by atoms with Gasteiger partial charge in [0.05, 0.1) is 22.6 Å². The molecule has 0 spiro atoms. The maximum atomic E-state index is 12.3. The van der Waals surface area contributed by atoms with Gasteiger partial charge in [-0.05, 0) is 30.0 Å². The minimum absolute atomic E-state index is 0.307. The van der Waals surface area contributed by atoms with Gasteiger partial charge in [0.15, 0.2) is 0 Å². The topological polar surface area (TPSA) is 92.4 Å². The number of rotatable bonds is 3. The number of aryl methyl sites for hydroxylation is 1. The average Bonchev–Trinajstić information content (AvgIpc) is 3.00. The van der Waals surface area contributed by atoms with Gasteiger partial charge < -0.3 is 16.2 Å². The van der Waals surface area contributed by atoms with E-state index in [0.29, 0.717) is 16.9 Å². The fourth-order valence-electron chi connectivity index (χ4n) is 2.71. The van der Waals surface area contributed by atoms with Crippen LogP contribution in [-0.2, 0) is 6.42 Å². The van der Waals surface area contributed by atoms with E-state index in [2.05, 4.69) is 5.32 Å². The Bertz CT molecular complexity index is 726. The zero-order chi connectivity index (χ0) is 15.7. The van der Waals surface area contributed by atoms with Gasteiger partial charge in [-0.25, -0.2) is 0 Å². The monoisotopic (exact) mass is 316 g/mol. The molecule has 1 aromatic heterocycles. The lowest BCUT2D eigenvalue weighted by Gasteiger charge is -2.30. The van der Waals surface area contributed by atoms with E-state index in [4.69, 9.17) is 5.73 Å². The summed E-state index contributed by atoms with van der Waals surface area (Å²) < 4.78 is 0. The van der Waals surface area contributed by atoms with Gasteiger partial charge in [0.2, 0.25) is 5.91 Å². The third kappa shape index (κ3) is 2.75. The highest BCUT2D eigenvalue weighted by atomic mass is 32.1. The molecule has 4 N–H and O–H groups in total. The number of nitrogens with two attached hydrogens (primary N) is 1. The third-order valence-corrected chi connectivity index (χ3v) is 4.81. The molecule has 2 amide bonds. The molecule has 0 aliphatic heterocycles. The maximum absolute atomic E-state index is 12.3. The number of amides is 2. The normalized spacial score (nSPS) is 20.2. The van der Waals surface area contributed by atoms with E-state index in [1.54, 1.807) is 5.38 Å². The molecule has 0 fully saturated rings. The largest absolute Gasteiger partial charge is 0.391 e. The molecular formula is C16H16N2O3S. The van der Waals surface area contributed by atoms with Crippen LogP contribution < -0.4 is 11.1 Å². The van der Waals surface area contributed by atoms with Crippen molar-refractivity contribution in [1.82, 2.24) is 5.32 Å². The number of aliphatic hydroxyl groups excluding tert-OH is 1. The van der Waals surface area contributed by atoms with Crippen molar-refractivity contribution in [3.05, 3.63) is 57.3 Å². The molecule has 0 saturated carbocycles. The number of aliphatic hydroxyl groups is 1. The molecule has 3 rings (SSSR count). The van der Waals surface area contributed by atoms with Gasteiger partial charge >= 0.3 is 0 Å². The first-order chi connectivity index (χ1) is 10.6. The van der Waals surface area contributed by atoms with Crippen LogP contribution in [0, 0.1) is 0 Å². The van der Waals surface area contributed by atoms with Crippen molar-refractivity contribution >= 4 is 23.2 Å². The number of primary amides is 1. The molecule has 0 bridgehead atoms. The Morgan fingerprint density at radius 2 is 2.09 bits per heavy atom. The fraction of sp³-hybridized carbons (Fsp3) is 0.250. The Labute approximate surface area is 131 Å². The minimum atomic E-state index is -0.616. The minimum Gasteiger partial charge on any atom is -0.391 e. The van der Waals surface area contributed by atoms with Crippen LogP contribution in [0.3, 0.4) is 0 Å². The van der Waals surface area contributed by atoms with Crippen molar-refractivity contribution in [3.8, 4) is 0 Å². The summed E-state index contributed by atoms with van der Waals surface area (Å²) in [6, 6.07) is 8.82. The van der Waals surface area contributed by atoms with Crippen LogP contribution in [0.15, 0.2) is 35.7 Å². The van der Waals surface area contributed by atoms with Crippen molar-refractivity contribution in [2.45, 2.75) is 25.0 Å². The Hall–Kier alpha value is -2.18. The smallest absolute Gasteiger partial charge is 0.261 e. The summed E-state index contributed by atoms with van der Waals surface area (Å²) >= 11 is 1.16. The summed E-state index contributed by atoms with van der Waals surface area (Å²) in [6.45, 7) is 0. The summed E-state index contributed by atoms with van der Waals surface area (Å²) in [7, 11) is 0. The number of thiophene rings is 1. The molecule has 0 saturated heterocycles. The zero-order valence-electron chi connectivity index (χ0n) is 11.8. The second-order valence-corrected chi connectivity index (χ2v) is 6.23. The number of carbonyl (C=O) groups excluding carboxylic acids is 2. The predicted molar refractivity (Wildman–Crippen MR) is 83.8 cm³/mol. The van der Waals surface area contributed by atoms with Crippen LogP contribution in [0.2, 0.25) is 0 Å². The summed E-state index contributed by atoms with van der Waals surface area (Å²) in [5, 5.41) is 14.6. The lowest BCUT2D eigenvalue weighted by Crippen LogP contribution is -2.39. The van der Waals surface area contributed by atoms with Crippen molar-refractivity contribution in [2.24, 2.45) is 5.73 Å². The van der Waals surface area contributed by atoms with Crippen LogP contribution >= 0.6 is 11.3 Å². The standard InChI is InChI=1S/C16H16N2O3S/c17-15(20)10-7-13(22-8-10)16(21)18-14-11-4-2-1-3-9(11)5-6-12(14)19/h1-4,7-8,12,14,19H,5-6H2,(H2,17,20)(H,18,21)/t12-,14+/m1/s1. The zero-order valence-corrected chi connectivity index (χ0v) is 12.6. The number of nitrogens with one attached hydrogen (secondary N) is 1. The molecule has 22 heavy (non-hydrogen) atoms. The Kier molecular flexibility index (Phi) is 3.96. The quantitative estimate of drug-likeness (QED) is 0.803. The highest BCUT2D eigenvalue weighted by Crippen LogP contribution is 2.30. The number of hydrogen-bond acceptors (Lipinski definition) is 4. The molecule has 1 aromatic carbocycles. The molecule has 1 aliphatic carbocycles. The first kappa shape index (κ1) is 14.7.